The second-order valence-electron chi connectivity index (χ2n) is 16.4. The number of piperidine rings is 1. The summed E-state index contributed by atoms with van der Waals surface area (Å²) < 4.78 is 0. The second-order valence-corrected chi connectivity index (χ2v) is 16.8. The molecule has 6 amide bonds. The van der Waals surface area contributed by atoms with Crippen molar-refractivity contribution >= 4 is 70.1 Å². The summed E-state index contributed by atoms with van der Waals surface area (Å²) in [6, 6.07) is 20.5. The van der Waals surface area contributed by atoms with Crippen molar-refractivity contribution in [2.75, 3.05) is 55.3 Å². The summed E-state index contributed by atoms with van der Waals surface area (Å²) >= 11 is 6.41. The molecule has 8 rings (SSSR count). The van der Waals surface area contributed by atoms with Crippen LogP contribution in [0.3, 0.4) is 0 Å². The van der Waals surface area contributed by atoms with Crippen molar-refractivity contribution in [1.82, 2.24) is 41.0 Å². The topological polar surface area (TPSA) is 193 Å². The Morgan fingerprint density at radius 2 is 1.66 bits per heavy atom. The third-order valence-electron chi connectivity index (χ3n) is 12.2. The summed E-state index contributed by atoms with van der Waals surface area (Å²) in [5, 5.41) is 18.6. The fourth-order valence-electron chi connectivity index (χ4n) is 8.67. The van der Waals surface area contributed by atoms with Gasteiger partial charge in [0.25, 0.3) is 11.8 Å². The van der Waals surface area contributed by atoms with Crippen molar-refractivity contribution in [3.63, 3.8) is 0 Å². The Morgan fingerprint density at radius 1 is 0.891 bits per heavy atom. The van der Waals surface area contributed by atoms with Gasteiger partial charge in [0.2, 0.25) is 17.8 Å². The van der Waals surface area contributed by atoms with Crippen LogP contribution in [0.5, 0.6) is 0 Å². The van der Waals surface area contributed by atoms with Gasteiger partial charge in [0, 0.05) is 87.2 Å². The number of anilines is 5. The van der Waals surface area contributed by atoms with Crippen LogP contribution in [-0.2, 0) is 16.1 Å². The Balaban J connectivity index is 0.722. The molecule has 64 heavy (non-hydrogen) atoms. The van der Waals surface area contributed by atoms with Crippen molar-refractivity contribution in [3.05, 3.63) is 100 Å². The minimum Gasteiger partial charge on any atom is -0.368 e. The van der Waals surface area contributed by atoms with Crippen molar-refractivity contribution in [1.29, 1.82) is 0 Å². The van der Waals surface area contributed by atoms with Crippen LogP contribution in [0, 0.1) is 11.8 Å². The number of carbonyl (C=O) groups is 5. The van der Waals surface area contributed by atoms with Gasteiger partial charge >= 0.3 is 6.03 Å². The van der Waals surface area contributed by atoms with Crippen LogP contribution in [0.25, 0.3) is 0 Å². The fourth-order valence-corrected chi connectivity index (χ4v) is 8.81. The lowest BCUT2D eigenvalue weighted by molar-refractivity contribution is -0.136. The molecular weight excluding hydrogens is 834 g/mol. The Labute approximate surface area is 377 Å². The molecular formula is C47H52ClN11O5. The standard InChI is InChI=1S/C47H52ClN11O5/c1-49-43(61)36-10-4-5-12-39(36)54-42-38(48)28-51-46(56-42)52-32-17-19-34(20-18-32)57-24-26-58(27-25-57)47(64)53-33-15-13-31(14-16-33)50-23-6-2-3-8-30-9-7-11-35-37(30)29-59(45(35)63)40-21-22-41(60)55-44(40)62/h4-5,7,9-12,17-20,28,31,33,40,50H,2,6,13-16,21-27,29H2,1H3,(H,49,61)(H,53,64)(H,55,60,62)(H2,51,52,54,56)/t31-,33+,40?. The van der Waals surface area contributed by atoms with Gasteiger partial charge in [-0.15, -0.1) is 0 Å². The predicted molar refractivity (Wildman–Crippen MR) is 245 cm³/mol. The van der Waals surface area contributed by atoms with Crippen LogP contribution in [0.15, 0.2) is 72.9 Å². The van der Waals surface area contributed by atoms with E-state index in [1.807, 2.05) is 47.4 Å². The highest BCUT2D eigenvalue weighted by Crippen LogP contribution is 2.31. The molecule has 1 saturated carbocycles. The number of aromatic nitrogens is 2. The molecule has 1 atom stereocenters. The minimum absolute atomic E-state index is 0.000212. The molecule has 0 spiro atoms. The number of hydrogen-bond donors (Lipinski definition) is 6. The van der Waals surface area contributed by atoms with E-state index >= 15 is 0 Å². The number of nitrogens with zero attached hydrogens (tertiary/aromatic N) is 5. The molecule has 4 heterocycles. The van der Waals surface area contributed by atoms with E-state index < -0.39 is 11.9 Å². The third kappa shape index (κ3) is 10.4. The lowest BCUT2D eigenvalue weighted by atomic mass is 9.91. The summed E-state index contributed by atoms with van der Waals surface area (Å²) in [6.45, 7) is 3.88. The maximum atomic E-state index is 13.3. The van der Waals surface area contributed by atoms with Gasteiger partial charge in [-0.05, 0) is 99.2 Å². The Hall–Kier alpha value is -6.70. The van der Waals surface area contributed by atoms with E-state index in [2.05, 4.69) is 58.6 Å². The van der Waals surface area contributed by atoms with E-state index in [4.69, 9.17) is 11.6 Å². The first kappa shape index (κ1) is 43.9. The number of fused-ring (bicyclic) bond motifs is 1. The molecule has 2 saturated heterocycles. The molecule has 1 unspecified atom stereocenters. The quantitative estimate of drug-likeness (QED) is 0.0615. The maximum Gasteiger partial charge on any atom is 0.317 e. The smallest absolute Gasteiger partial charge is 0.317 e. The monoisotopic (exact) mass is 885 g/mol. The zero-order valence-corrected chi connectivity index (χ0v) is 36.5. The third-order valence-corrected chi connectivity index (χ3v) is 12.5. The number of rotatable bonds is 12. The van der Waals surface area contributed by atoms with Crippen LogP contribution >= 0.6 is 11.6 Å². The van der Waals surface area contributed by atoms with E-state index in [9.17, 15) is 24.0 Å². The Bertz CT molecular complexity index is 2460. The number of para-hydroxylation sites is 1. The number of hydrogen-bond acceptors (Lipinski definition) is 11. The van der Waals surface area contributed by atoms with Crippen molar-refractivity contribution < 1.29 is 24.0 Å². The largest absolute Gasteiger partial charge is 0.368 e. The molecule has 1 aromatic heterocycles. The molecule has 0 radical (unpaired) electrons. The molecule has 16 nitrogen and oxygen atoms in total. The predicted octanol–water partition coefficient (Wildman–Crippen LogP) is 5.30. The number of benzene rings is 3. The van der Waals surface area contributed by atoms with Crippen LogP contribution in [-0.4, -0.2) is 107 Å². The van der Waals surface area contributed by atoms with Crippen molar-refractivity contribution in [2.45, 2.75) is 76.0 Å². The molecule has 3 aliphatic heterocycles. The number of carbonyl (C=O) groups excluding carboxylic acids is 5. The Kier molecular flexibility index (Phi) is 13.9. The van der Waals surface area contributed by atoms with Crippen LogP contribution < -0.4 is 36.8 Å². The number of nitrogens with one attached hydrogen (secondary N) is 6. The first-order chi connectivity index (χ1) is 31.1. The zero-order chi connectivity index (χ0) is 44.6. The van der Waals surface area contributed by atoms with Crippen LogP contribution in [0.2, 0.25) is 5.02 Å². The van der Waals surface area contributed by atoms with E-state index in [0.717, 1.165) is 74.2 Å². The summed E-state index contributed by atoms with van der Waals surface area (Å²) in [7, 11) is 1.58. The zero-order valence-electron chi connectivity index (χ0n) is 35.7. The molecule has 0 bridgehead atoms. The molecule has 3 fully saturated rings. The Morgan fingerprint density at radius 3 is 2.42 bits per heavy atom. The lowest BCUT2D eigenvalue weighted by Crippen LogP contribution is -2.54. The van der Waals surface area contributed by atoms with Gasteiger partial charge < -0.3 is 41.3 Å². The average molecular weight is 886 g/mol. The van der Waals surface area contributed by atoms with Crippen molar-refractivity contribution in [3.8, 4) is 11.8 Å². The van der Waals surface area contributed by atoms with Gasteiger partial charge in [0.15, 0.2) is 5.82 Å². The number of urea groups is 1. The first-order valence-corrected chi connectivity index (χ1v) is 22.3. The molecule has 17 heteroatoms. The summed E-state index contributed by atoms with van der Waals surface area (Å²) in [4.78, 5) is 77.4. The molecule has 3 aromatic carbocycles. The average Bonchev–Trinajstić information content (AvgIpc) is 3.65. The van der Waals surface area contributed by atoms with Crippen LogP contribution in [0.1, 0.15) is 83.2 Å². The van der Waals surface area contributed by atoms with E-state index in [1.54, 1.807) is 36.2 Å². The van der Waals surface area contributed by atoms with Gasteiger partial charge in [0.1, 0.15) is 11.1 Å². The number of piperazine rings is 1. The first-order valence-electron chi connectivity index (χ1n) is 21.9. The van der Waals surface area contributed by atoms with Gasteiger partial charge in [-0.25, -0.2) is 9.78 Å². The second kappa shape index (κ2) is 20.2. The number of amides is 6. The summed E-state index contributed by atoms with van der Waals surface area (Å²) in [5.41, 5.74) is 5.10. The minimum atomic E-state index is -0.645. The van der Waals surface area contributed by atoms with E-state index in [1.165, 1.54) is 6.20 Å². The molecule has 4 aromatic rings. The number of halogens is 1. The highest BCUT2D eigenvalue weighted by molar-refractivity contribution is 6.33. The van der Waals surface area contributed by atoms with Gasteiger partial charge in [-0.3, -0.25) is 24.5 Å². The SMILES string of the molecule is CNC(=O)c1ccccc1Nc1nc(Nc2ccc(N3CCN(C(=O)N[C@H]4CC[C@@H](NCCCC#Cc5cccc6c5CN(C5CCC(=O)NC5=O)C6=O)CC4)CC3)cc2)ncc1Cl. The van der Waals surface area contributed by atoms with E-state index in [-0.39, 0.29) is 36.2 Å². The van der Waals surface area contributed by atoms with Gasteiger partial charge in [0.05, 0.1) is 17.4 Å². The van der Waals surface area contributed by atoms with Crippen molar-refractivity contribution in [2.24, 2.45) is 0 Å². The molecule has 1 aliphatic carbocycles. The summed E-state index contributed by atoms with van der Waals surface area (Å²) in [5.74, 6) is 6.09. The number of imide groups is 1. The highest BCUT2D eigenvalue weighted by Gasteiger charge is 2.39. The molecule has 4 aliphatic rings. The van der Waals surface area contributed by atoms with Gasteiger partial charge in [-0.2, -0.15) is 4.98 Å². The van der Waals surface area contributed by atoms with E-state index in [0.29, 0.717) is 72.1 Å². The fraction of sp³-hybridized carbons (Fsp3) is 0.383. The molecule has 332 valence electrons. The highest BCUT2D eigenvalue weighted by atomic mass is 35.5. The maximum absolute atomic E-state index is 13.3. The van der Waals surface area contributed by atoms with Gasteiger partial charge in [-0.1, -0.05) is 41.6 Å². The number of unbranched alkanes of at least 4 members (excludes halogenated alkanes) is 1. The normalized spacial score (nSPS) is 19.6. The lowest BCUT2D eigenvalue weighted by Gasteiger charge is -2.37. The molecule has 6 N–H and O–H groups in total. The van der Waals surface area contributed by atoms with Crippen LogP contribution in [0.4, 0.5) is 33.6 Å². The summed E-state index contributed by atoms with van der Waals surface area (Å²) in [6.07, 6.45) is 7.52.